The summed E-state index contributed by atoms with van der Waals surface area (Å²) in [5.74, 6) is 1.41. The van der Waals surface area contributed by atoms with Crippen molar-refractivity contribution >= 4 is 11.7 Å². The third kappa shape index (κ3) is 4.32. The molecule has 29 heavy (non-hydrogen) atoms. The van der Waals surface area contributed by atoms with E-state index in [2.05, 4.69) is 41.4 Å². The first-order valence-corrected chi connectivity index (χ1v) is 10.4. The van der Waals surface area contributed by atoms with Crippen molar-refractivity contribution < 1.29 is 14.3 Å². The number of likely N-dealkylation sites (tertiary alicyclic amines) is 1. The minimum Gasteiger partial charge on any atom is -0.486 e. The zero-order valence-corrected chi connectivity index (χ0v) is 17.1. The van der Waals surface area contributed by atoms with Crippen LogP contribution >= 0.6 is 0 Å². The highest BCUT2D eigenvalue weighted by atomic mass is 16.6. The first-order valence-electron chi connectivity index (χ1n) is 10.4. The maximum absolute atomic E-state index is 13.0. The first kappa shape index (κ1) is 19.6. The van der Waals surface area contributed by atoms with Crippen LogP contribution in [0.3, 0.4) is 0 Å². The van der Waals surface area contributed by atoms with E-state index in [4.69, 9.17) is 9.47 Å². The number of hydrogen-bond acceptors (Lipinski definition) is 4. The van der Waals surface area contributed by atoms with Crippen LogP contribution in [0.5, 0.6) is 11.5 Å². The molecule has 2 aliphatic rings. The summed E-state index contributed by atoms with van der Waals surface area (Å²) in [4.78, 5) is 17.4. The Morgan fingerprint density at radius 1 is 1.17 bits per heavy atom. The van der Waals surface area contributed by atoms with Crippen LogP contribution in [0.2, 0.25) is 0 Å². The Bertz CT molecular complexity index is 843. The molecule has 2 amide bonds. The number of carbonyl (C=O) groups is 1. The van der Waals surface area contributed by atoms with Crippen LogP contribution in [0.4, 0.5) is 10.5 Å². The van der Waals surface area contributed by atoms with Gasteiger partial charge < -0.3 is 19.7 Å². The number of urea groups is 1. The fraction of sp³-hybridized carbons (Fsp3) is 0.435. The van der Waals surface area contributed by atoms with E-state index in [-0.39, 0.29) is 12.1 Å². The number of carbonyl (C=O) groups excluding carboxylic acids is 1. The lowest BCUT2D eigenvalue weighted by Crippen LogP contribution is -2.44. The van der Waals surface area contributed by atoms with Gasteiger partial charge in [-0.3, -0.25) is 4.90 Å². The Labute approximate surface area is 172 Å². The molecule has 4 rings (SSSR count). The molecule has 0 bridgehead atoms. The van der Waals surface area contributed by atoms with Crippen molar-refractivity contribution in [1.29, 1.82) is 0 Å². The predicted octanol–water partition coefficient (Wildman–Crippen LogP) is 4.15. The number of ether oxygens (including phenoxy) is 2. The van der Waals surface area contributed by atoms with Gasteiger partial charge in [0.25, 0.3) is 0 Å². The fourth-order valence-electron chi connectivity index (χ4n) is 4.20. The van der Waals surface area contributed by atoms with E-state index < -0.39 is 0 Å². The number of likely N-dealkylation sites (N-methyl/N-ethyl adjacent to an activating group) is 1. The fourth-order valence-corrected chi connectivity index (χ4v) is 4.20. The average molecular weight is 396 g/mol. The first-order chi connectivity index (χ1) is 14.2. The summed E-state index contributed by atoms with van der Waals surface area (Å²) in [6.07, 6.45) is 0.986. The number of rotatable bonds is 5. The molecular weight excluding hydrogens is 366 g/mol. The van der Waals surface area contributed by atoms with Gasteiger partial charge in [0.2, 0.25) is 0 Å². The molecule has 6 nitrogen and oxygen atoms in total. The number of hydrogen-bond donors (Lipinski definition) is 1. The van der Waals surface area contributed by atoms with E-state index in [1.54, 1.807) is 0 Å². The number of amides is 2. The average Bonchev–Trinajstić information content (AvgIpc) is 3.24. The maximum atomic E-state index is 13.0. The molecular formula is C23H29N3O3. The topological polar surface area (TPSA) is 54.0 Å². The summed E-state index contributed by atoms with van der Waals surface area (Å²) in [5, 5.41) is 3.03. The lowest BCUT2D eigenvalue weighted by atomic mass is 10.1. The molecule has 0 radical (unpaired) electrons. The number of fused-ring (bicyclic) bond motifs is 1. The van der Waals surface area contributed by atoms with Crippen LogP contribution in [0.25, 0.3) is 0 Å². The third-order valence-corrected chi connectivity index (χ3v) is 5.86. The Kier molecular flexibility index (Phi) is 5.90. The van der Waals surface area contributed by atoms with Gasteiger partial charge in [-0.25, -0.2) is 4.79 Å². The molecule has 6 heteroatoms. The molecule has 1 fully saturated rings. The van der Waals surface area contributed by atoms with Crippen molar-refractivity contribution in [2.24, 2.45) is 0 Å². The molecule has 2 atom stereocenters. The van der Waals surface area contributed by atoms with Crippen molar-refractivity contribution in [2.75, 3.05) is 38.2 Å². The van der Waals surface area contributed by atoms with E-state index in [9.17, 15) is 4.79 Å². The minimum atomic E-state index is -0.0663. The standard InChI is InChI=1S/C23H29N3O3/c1-3-26(20-11-12-25(16-20)17(2)18-7-5-4-6-8-18)23(27)24-19-9-10-21-22(15-19)29-14-13-28-21/h4-10,15,17,20H,3,11-14,16H2,1-2H3,(H,24,27)/t17-,20+/m1/s1. The summed E-state index contributed by atoms with van der Waals surface area (Å²) < 4.78 is 11.2. The summed E-state index contributed by atoms with van der Waals surface area (Å²) in [6.45, 7) is 7.92. The SMILES string of the molecule is CCN(C(=O)Nc1ccc2c(c1)OCCO2)[C@H]1CCN([C@H](C)c2ccccc2)C1. The molecule has 0 saturated carbocycles. The molecule has 0 spiro atoms. The van der Waals surface area contributed by atoms with Crippen molar-refractivity contribution in [3.63, 3.8) is 0 Å². The van der Waals surface area contributed by atoms with E-state index in [1.165, 1.54) is 5.56 Å². The zero-order valence-electron chi connectivity index (χ0n) is 17.1. The highest BCUT2D eigenvalue weighted by Crippen LogP contribution is 2.33. The van der Waals surface area contributed by atoms with Crippen LogP contribution in [-0.2, 0) is 0 Å². The van der Waals surface area contributed by atoms with Crippen molar-refractivity contribution in [3.8, 4) is 11.5 Å². The van der Waals surface area contributed by atoms with E-state index in [1.807, 2.05) is 36.1 Å². The summed E-state index contributed by atoms with van der Waals surface area (Å²) in [5.41, 5.74) is 2.04. The van der Waals surface area contributed by atoms with Crippen molar-refractivity contribution in [3.05, 3.63) is 54.1 Å². The van der Waals surface area contributed by atoms with Gasteiger partial charge in [0.1, 0.15) is 13.2 Å². The smallest absolute Gasteiger partial charge is 0.322 e. The van der Waals surface area contributed by atoms with E-state index in [0.29, 0.717) is 31.5 Å². The number of anilines is 1. The Morgan fingerprint density at radius 2 is 1.93 bits per heavy atom. The van der Waals surface area contributed by atoms with Gasteiger partial charge in [-0.05, 0) is 38.0 Å². The Balaban J connectivity index is 1.39. The highest BCUT2D eigenvalue weighted by Gasteiger charge is 2.32. The third-order valence-electron chi connectivity index (χ3n) is 5.86. The van der Waals surface area contributed by atoms with Crippen LogP contribution in [0, 0.1) is 0 Å². The monoisotopic (exact) mass is 395 g/mol. The van der Waals surface area contributed by atoms with Gasteiger partial charge in [-0.15, -0.1) is 0 Å². The van der Waals surface area contributed by atoms with Gasteiger partial charge >= 0.3 is 6.03 Å². The number of nitrogens with zero attached hydrogens (tertiary/aromatic N) is 2. The molecule has 0 aromatic heterocycles. The normalized spacial score (nSPS) is 19.6. The second-order valence-electron chi connectivity index (χ2n) is 7.60. The van der Waals surface area contributed by atoms with Crippen LogP contribution in [0.15, 0.2) is 48.5 Å². The summed E-state index contributed by atoms with van der Waals surface area (Å²) >= 11 is 0. The van der Waals surface area contributed by atoms with Crippen molar-refractivity contribution in [1.82, 2.24) is 9.80 Å². The lowest BCUT2D eigenvalue weighted by molar-refractivity contribution is 0.171. The number of benzene rings is 2. The van der Waals surface area contributed by atoms with Crippen molar-refractivity contribution in [2.45, 2.75) is 32.4 Å². The molecule has 2 heterocycles. The molecule has 2 aliphatic heterocycles. The second-order valence-corrected chi connectivity index (χ2v) is 7.60. The quantitative estimate of drug-likeness (QED) is 0.826. The minimum absolute atomic E-state index is 0.0663. The molecule has 2 aromatic rings. The van der Waals surface area contributed by atoms with Gasteiger partial charge in [0, 0.05) is 43.5 Å². The summed E-state index contributed by atoms with van der Waals surface area (Å²) in [7, 11) is 0. The van der Waals surface area contributed by atoms with Crippen LogP contribution in [-0.4, -0.2) is 54.7 Å². The highest BCUT2D eigenvalue weighted by molar-refractivity contribution is 5.90. The second kappa shape index (κ2) is 8.74. The van der Waals surface area contributed by atoms with Crippen LogP contribution < -0.4 is 14.8 Å². The van der Waals surface area contributed by atoms with E-state index >= 15 is 0 Å². The Hall–Kier alpha value is -2.73. The number of nitrogens with one attached hydrogen (secondary N) is 1. The maximum Gasteiger partial charge on any atom is 0.322 e. The van der Waals surface area contributed by atoms with Gasteiger partial charge in [-0.2, -0.15) is 0 Å². The van der Waals surface area contributed by atoms with E-state index in [0.717, 1.165) is 30.9 Å². The van der Waals surface area contributed by atoms with Gasteiger partial charge in [-0.1, -0.05) is 30.3 Å². The molecule has 0 unspecified atom stereocenters. The summed E-state index contributed by atoms with van der Waals surface area (Å²) in [6, 6.07) is 16.6. The molecule has 0 aliphatic carbocycles. The molecule has 1 N–H and O–H groups in total. The van der Waals surface area contributed by atoms with Gasteiger partial charge in [0.05, 0.1) is 0 Å². The Morgan fingerprint density at radius 3 is 2.69 bits per heavy atom. The van der Waals surface area contributed by atoms with Crippen LogP contribution in [0.1, 0.15) is 31.9 Å². The molecule has 1 saturated heterocycles. The molecule has 2 aromatic carbocycles. The largest absolute Gasteiger partial charge is 0.486 e. The zero-order chi connectivity index (χ0) is 20.2. The lowest BCUT2D eigenvalue weighted by Gasteiger charge is -2.30. The molecule has 154 valence electrons. The predicted molar refractivity (Wildman–Crippen MR) is 114 cm³/mol. The van der Waals surface area contributed by atoms with Gasteiger partial charge in [0.15, 0.2) is 11.5 Å².